The Morgan fingerprint density at radius 3 is 1.82 bits per heavy atom. The summed E-state index contributed by atoms with van der Waals surface area (Å²) in [4.78, 5) is 25.4. The number of aryl methyl sites for hydroxylation is 2. The van der Waals surface area contributed by atoms with E-state index in [9.17, 15) is 9.59 Å². The predicted octanol–water partition coefficient (Wildman–Crippen LogP) is 3.51. The van der Waals surface area contributed by atoms with E-state index in [1.54, 1.807) is 44.2 Å². The van der Waals surface area contributed by atoms with Crippen molar-refractivity contribution >= 4 is 0 Å². The standard InChI is InChI=1S/C21H18O7/c1-10-7-15-18(20(22)26-10)17(12-5-6-13(24-3)14(9-12)25-4)19-16(28-15)8-11(2)27-21(19)23/h5-9,17H,1-4H3. The van der Waals surface area contributed by atoms with E-state index >= 15 is 0 Å². The van der Waals surface area contributed by atoms with Gasteiger partial charge in [0.2, 0.25) is 0 Å². The van der Waals surface area contributed by atoms with Crippen molar-refractivity contribution in [2.24, 2.45) is 0 Å². The van der Waals surface area contributed by atoms with Crippen LogP contribution in [0.15, 0.2) is 48.8 Å². The van der Waals surface area contributed by atoms with Crippen LogP contribution in [0.4, 0.5) is 0 Å². The van der Waals surface area contributed by atoms with Crippen molar-refractivity contribution in [3.63, 3.8) is 0 Å². The maximum atomic E-state index is 12.7. The predicted molar refractivity (Wildman–Crippen MR) is 100.0 cm³/mol. The van der Waals surface area contributed by atoms with Crippen LogP contribution in [-0.4, -0.2) is 14.2 Å². The highest BCUT2D eigenvalue weighted by Crippen LogP contribution is 2.46. The molecule has 0 unspecified atom stereocenters. The Kier molecular flexibility index (Phi) is 4.22. The Bertz CT molecular complexity index is 1120. The van der Waals surface area contributed by atoms with Gasteiger partial charge in [0.1, 0.15) is 23.0 Å². The van der Waals surface area contributed by atoms with Gasteiger partial charge in [0.15, 0.2) is 11.5 Å². The summed E-state index contributed by atoms with van der Waals surface area (Å²) in [6, 6.07) is 8.48. The van der Waals surface area contributed by atoms with Gasteiger partial charge in [0, 0.05) is 12.1 Å². The molecular weight excluding hydrogens is 364 g/mol. The quantitative estimate of drug-likeness (QED) is 0.536. The normalized spacial score (nSPS) is 12.7. The summed E-state index contributed by atoms with van der Waals surface area (Å²) in [5, 5.41) is 0. The lowest BCUT2D eigenvalue weighted by Gasteiger charge is -2.26. The fourth-order valence-electron chi connectivity index (χ4n) is 3.50. The van der Waals surface area contributed by atoms with E-state index in [4.69, 9.17) is 23.0 Å². The van der Waals surface area contributed by atoms with Crippen molar-refractivity contribution in [2.45, 2.75) is 19.8 Å². The molecule has 3 aromatic rings. The van der Waals surface area contributed by atoms with Crippen molar-refractivity contribution in [1.82, 2.24) is 0 Å². The zero-order valence-corrected chi connectivity index (χ0v) is 15.8. The third-order valence-corrected chi connectivity index (χ3v) is 4.69. The Hall–Kier alpha value is -3.48. The Labute approximate surface area is 160 Å². The highest BCUT2D eigenvalue weighted by Gasteiger charge is 2.36. The molecule has 0 saturated heterocycles. The van der Waals surface area contributed by atoms with Crippen LogP contribution in [0.5, 0.6) is 23.0 Å². The molecule has 0 amide bonds. The van der Waals surface area contributed by atoms with Crippen LogP contribution in [0.1, 0.15) is 34.1 Å². The van der Waals surface area contributed by atoms with Crippen molar-refractivity contribution in [3.8, 4) is 23.0 Å². The second-order valence-corrected chi connectivity index (χ2v) is 6.49. The van der Waals surface area contributed by atoms with E-state index in [1.807, 2.05) is 0 Å². The number of methoxy groups -OCH3 is 2. The fourth-order valence-corrected chi connectivity index (χ4v) is 3.50. The average Bonchev–Trinajstić information content (AvgIpc) is 2.65. The van der Waals surface area contributed by atoms with Crippen molar-refractivity contribution in [2.75, 3.05) is 14.2 Å². The van der Waals surface area contributed by atoms with E-state index in [-0.39, 0.29) is 11.1 Å². The SMILES string of the molecule is COc1ccc(C2c3c(cc(C)oc3=O)Oc3cc(C)oc(=O)c32)cc1OC. The monoisotopic (exact) mass is 382 g/mol. The van der Waals surface area contributed by atoms with Gasteiger partial charge in [0.05, 0.1) is 31.3 Å². The van der Waals surface area contributed by atoms with Crippen LogP contribution >= 0.6 is 0 Å². The smallest absolute Gasteiger partial charge is 0.343 e. The maximum absolute atomic E-state index is 12.7. The highest BCUT2D eigenvalue weighted by atomic mass is 16.5. The molecule has 0 radical (unpaired) electrons. The van der Waals surface area contributed by atoms with Crippen molar-refractivity contribution in [1.29, 1.82) is 0 Å². The summed E-state index contributed by atoms with van der Waals surface area (Å²) in [5.74, 6) is 1.81. The molecule has 0 bridgehead atoms. The topological polar surface area (TPSA) is 88.1 Å². The van der Waals surface area contributed by atoms with Gasteiger partial charge in [-0.1, -0.05) is 6.07 Å². The summed E-state index contributed by atoms with van der Waals surface area (Å²) in [7, 11) is 3.05. The van der Waals surface area contributed by atoms with Gasteiger partial charge in [-0.25, -0.2) is 9.59 Å². The number of hydrogen-bond donors (Lipinski definition) is 0. The molecule has 4 rings (SSSR count). The van der Waals surface area contributed by atoms with Gasteiger partial charge in [-0.2, -0.15) is 0 Å². The van der Waals surface area contributed by atoms with Gasteiger partial charge >= 0.3 is 11.3 Å². The van der Waals surface area contributed by atoms with E-state index in [1.165, 1.54) is 14.2 Å². The second-order valence-electron chi connectivity index (χ2n) is 6.49. The molecule has 2 aromatic heterocycles. The van der Waals surface area contributed by atoms with Gasteiger partial charge in [-0.3, -0.25) is 0 Å². The molecule has 1 aliphatic rings. The molecule has 1 aromatic carbocycles. The molecule has 28 heavy (non-hydrogen) atoms. The number of rotatable bonds is 3. The lowest BCUT2D eigenvalue weighted by atomic mass is 9.84. The summed E-state index contributed by atoms with van der Waals surface area (Å²) < 4.78 is 27.1. The van der Waals surface area contributed by atoms with Crippen LogP contribution in [-0.2, 0) is 0 Å². The van der Waals surface area contributed by atoms with Gasteiger partial charge in [-0.15, -0.1) is 0 Å². The largest absolute Gasteiger partial charge is 0.493 e. The summed E-state index contributed by atoms with van der Waals surface area (Å²) in [6.07, 6.45) is 0. The first-order chi connectivity index (χ1) is 13.4. The number of benzene rings is 1. The minimum Gasteiger partial charge on any atom is -0.493 e. The zero-order chi connectivity index (χ0) is 20.0. The molecule has 0 aliphatic carbocycles. The minimum atomic E-state index is -0.729. The van der Waals surface area contributed by atoms with Crippen LogP contribution < -0.4 is 25.5 Å². The van der Waals surface area contributed by atoms with Gasteiger partial charge in [0.25, 0.3) is 0 Å². The lowest BCUT2D eigenvalue weighted by molar-refractivity contribution is 0.354. The number of ether oxygens (including phenoxy) is 3. The molecule has 7 heteroatoms. The molecule has 1 aliphatic heterocycles. The summed E-state index contributed by atoms with van der Waals surface area (Å²) in [5.41, 5.74) is -0.0143. The van der Waals surface area contributed by atoms with Crippen LogP contribution in [0.2, 0.25) is 0 Å². The van der Waals surface area contributed by atoms with E-state index in [0.29, 0.717) is 40.1 Å². The molecule has 7 nitrogen and oxygen atoms in total. The Morgan fingerprint density at radius 1 is 0.786 bits per heavy atom. The fraction of sp³-hybridized carbons (Fsp3) is 0.238. The highest BCUT2D eigenvalue weighted by molar-refractivity contribution is 5.58. The van der Waals surface area contributed by atoms with Gasteiger partial charge in [-0.05, 0) is 31.5 Å². The molecule has 0 fully saturated rings. The third kappa shape index (κ3) is 2.76. The van der Waals surface area contributed by atoms with Crippen LogP contribution in [0.3, 0.4) is 0 Å². The van der Waals surface area contributed by atoms with Crippen LogP contribution in [0, 0.1) is 13.8 Å². The molecular formula is C21H18O7. The third-order valence-electron chi connectivity index (χ3n) is 4.69. The van der Waals surface area contributed by atoms with E-state index < -0.39 is 17.2 Å². The molecule has 0 atom stereocenters. The van der Waals surface area contributed by atoms with Crippen LogP contribution in [0.25, 0.3) is 0 Å². The number of hydrogen-bond acceptors (Lipinski definition) is 7. The Morgan fingerprint density at radius 2 is 1.32 bits per heavy atom. The molecule has 0 saturated carbocycles. The first kappa shape index (κ1) is 17.9. The first-order valence-electron chi connectivity index (χ1n) is 8.62. The number of fused-ring (bicyclic) bond motifs is 2. The van der Waals surface area contributed by atoms with Crippen molar-refractivity contribution < 1.29 is 23.0 Å². The average molecular weight is 382 g/mol. The first-order valence-corrected chi connectivity index (χ1v) is 8.62. The molecule has 3 heterocycles. The summed E-state index contributed by atoms with van der Waals surface area (Å²) in [6.45, 7) is 3.33. The van der Waals surface area contributed by atoms with E-state index in [2.05, 4.69) is 0 Å². The summed E-state index contributed by atoms with van der Waals surface area (Å²) >= 11 is 0. The Balaban J connectivity index is 2.05. The minimum absolute atomic E-state index is 0.237. The van der Waals surface area contributed by atoms with E-state index in [0.717, 1.165) is 0 Å². The second kappa shape index (κ2) is 6.60. The zero-order valence-electron chi connectivity index (χ0n) is 15.8. The molecule has 0 spiro atoms. The molecule has 144 valence electrons. The van der Waals surface area contributed by atoms with Crippen molar-refractivity contribution in [3.05, 3.63) is 79.4 Å². The van der Waals surface area contributed by atoms with Gasteiger partial charge < -0.3 is 23.0 Å². The molecule has 0 N–H and O–H groups in total. The maximum Gasteiger partial charge on any atom is 0.343 e. The lowest BCUT2D eigenvalue weighted by Crippen LogP contribution is -2.26.